The minimum absolute atomic E-state index is 0. The van der Waals surface area contributed by atoms with E-state index in [1.807, 2.05) is 0 Å². The molecule has 0 heterocycles. The van der Waals surface area contributed by atoms with Crippen molar-refractivity contribution < 1.29 is 21.6 Å². The number of halogens is 1. The lowest BCUT2D eigenvalue weighted by Crippen LogP contribution is -3.00. The van der Waals surface area contributed by atoms with Gasteiger partial charge in [-0.05, 0) is 31.2 Å². The number of benzene rings is 1. The maximum absolute atomic E-state index is 5.91. The molecule has 0 N–H and O–H groups in total. The van der Waals surface area contributed by atoms with Gasteiger partial charge >= 0.3 is 0 Å². The van der Waals surface area contributed by atoms with E-state index in [0.717, 1.165) is 30.7 Å². The van der Waals surface area contributed by atoms with Gasteiger partial charge in [-0.3, -0.25) is 0 Å². The van der Waals surface area contributed by atoms with Crippen molar-refractivity contribution in [2.45, 2.75) is 71.1 Å². The summed E-state index contributed by atoms with van der Waals surface area (Å²) in [5, 5.41) is 0. The molecule has 1 aromatic rings. The SMILES string of the molecule is CCCCCCCCCC[N+](C)(C)COCCCc1ccccc1.[Cl-]. The van der Waals surface area contributed by atoms with Gasteiger partial charge in [0, 0.05) is 0 Å². The van der Waals surface area contributed by atoms with Gasteiger partial charge in [0.1, 0.15) is 0 Å². The molecule has 0 saturated carbocycles. The molecule has 0 atom stereocenters. The molecule has 0 radical (unpaired) electrons. The molecule has 1 rings (SSSR count). The maximum Gasteiger partial charge on any atom is 0.182 e. The fourth-order valence-electron chi connectivity index (χ4n) is 3.07. The third kappa shape index (κ3) is 14.3. The minimum atomic E-state index is 0. The van der Waals surface area contributed by atoms with Crippen molar-refractivity contribution in [1.82, 2.24) is 0 Å². The second-order valence-electron chi connectivity index (χ2n) is 7.76. The molecule has 0 aliphatic rings. The Balaban J connectivity index is 0.00000576. The number of nitrogens with zero attached hydrogens (tertiary/aromatic N) is 1. The first kappa shape index (κ1) is 24.4. The van der Waals surface area contributed by atoms with Crippen LogP contribution >= 0.6 is 0 Å². The van der Waals surface area contributed by atoms with Gasteiger partial charge in [-0.1, -0.05) is 75.8 Å². The summed E-state index contributed by atoms with van der Waals surface area (Å²) in [5.74, 6) is 0. The molecule has 1 aromatic carbocycles. The van der Waals surface area contributed by atoms with Gasteiger partial charge in [-0.15, -0.1) is 0 Å². The highest BCUT2D eigenvalue weighted by atomic mass is 35.5. The molecular formula is C22H40ClNO. The van der Waals surface area contributed by atoms with E-state index >= 15 is 0 Å². The molecule has 146 valence electrons. The quantitative estimate of drug-likeness (QED) is 0.262. The lowest BCUT2D eigenvalue weighted by atomic mass is 10.1. The second-order valence-corrected chi connectivity index (χ2v) is 7.76. The van der Waals surface area contributed by atoms with E-state index in [-0.39, 0.29) is 12.4 Å². The number of rotatable bonds is 15. The first-order chi connectivity index (χ1) is 11.6. The molecular weight excluding hydrogens is 330 g/mol. The largest absolute Gasteiger partial charge is 1.00 e. The Morgan fingerprint density at radius 3 is 2.04 bits per heavy atom. The standard InChI is InChI=1S/C22H40NO.ClH/c1-4-5-6-7-8-9-10-14-19-23(2,3)21-24-20-15-18-22-16-12-11-13-17-22;/h11-13,16-17H,4-10,14-15,18-21H2,1-3H3;1H/q+1;/p-1. The summed E-state index contributed by atoms with van der Waals surface area (Å²) in [5.41, 5.74) is 1.41. The Bertz CT molecular complexity index is 394. The molecule has 3 heteroatoms. The van der Waals surface area contributed by atoms with Crippen LogP contribution in [0.5, 0.6) is 0 Å². The minimum Gasteiger partial charge on any atom is -1.00 e. The van der Waals surface area contributed by atoms with Gasteiger partial charge in [0.05, 0.1) is 27.2 Å². The monoisotopic (exact) mass is 369 g/mol. The molecule has 0 fully saturated rings. The van der Waals surface area contributed by atoms with Crippen LogP contribution in [0.2, 0.25) is 0 Å². The highest BCUT2D eigenvalue weighted by molar-refractivity contribution is 5.14. The fraction of sp³-hybridized carbons (Fsp3) is 0.727. The highest BCUT2D eigenvalue weighted by Crippen LogP contribution is 2.10. The average Bonchev–Trinajstić information content (AvgIpc) is 2.58. The Morgan fingerprint density at radius 1 is 0.800 bits per heavy atom. The smallest absolute Gasteiger partial charge is 0.182 e. The zero-order chi connectivity index (χ0) is 17.5. The van der Waals surface area contributed by atoms with Gasteiger partial charge in [0.15, 0.2) is 6.73 Å². The number of unbranched alkanes of at least 4 members (excludes halogenated alkanes) is 7. The Morgan fingerprint density at radius 2 is 1.40 bits per heavy atom. The van der Waals surface area contributed by atoms with Crippen molar-refractivity contribution in [3.05, 3.63) is 35.9 Å². The molecule has 0 amide bonds. The van der Waals surface area contributed by atoms with Gasteiger partial charge < -0.3 is 21.6 Å². The van der Waals surface area contributed by atoms with Crippen LogP contribution < -0.4 is 12.4 Å². The van der Waals surface area contributed by atoms with Crippen molar-refractivity contribution >= 4 is 0 Å². The van der Waals surface area contributed by atoms with E-state index in [4.69, 9.17) is 4.74 Å². The van der Waals surface area contributed by atoms with Crippen LogP contribution in [0.15, 0.2) is 30.3 Å². The normalized spacial score (nSPS) is 11.3. The Labute approximate surface area is 163 Å². The first-order valence-electron chi connectivity index (χ1n) is 10.1. The van der Waals surface area contributed by atoms with Crippen molar-refractivity contribution in [3.8, 4) is 0 Å². The van der Waals surface area contributed by atoms with Gasteiger partial charge in [-0.25, -0.2) is 0 Å². The number of quaternary nitrogens is 1. The van der Waals surface area contributed by atoms with E-state index < -0.39 is 0 Å². The molecule has 0 unspecified atom stereocenters. The average molecular weight is 370 g/mol. The summed E-state index contributed by atoms with van der Waals surface area (Å²) >= 11 is 0. The lowest BCUT2D eigenvalue weighted by molar-refractivity contribution is -0.909. The van der Waals surface area contributed by atoms with E-state index in [1.54, 1.807) is 0 Å². The third-order valence-corrected chi connectivity index (χ3v) is 4.65. The van der Waals surface area contributed by atoms with Gasteiger partial charge in [0.25, 0.3) is 0 Å². The van der Waals surface area contributed by atoms with Crippen LogP contribution in [0, 0.1) is 0 Å². The highest BCUT2D eigenvalue weighted by Gasteiger charge is 2.14. The van der Waals surface area contributed by atoms with E-state index in [1.165, 1.54) is 63.5 Å². The molecule has 25 heavy (non-hydrogen) atoms. The molecule has 0 saturated heterocycles. The summed E-state index contributed by atoms with van der Waals surface area (Å²) in [6.45, 7) is 5.22. The van der Waals surface area contributed by atoms with Crippen molar-refractivity contribution in [3.63, 3.8) is 0 Å². The van der Waals surface area contributed by atoms with Crippen LogP contribution in [0.3, 0.4) is 0 Å². The summed E-state index contributed by atoms with van der Waals surface area (Å²) in [6, 6.07) is 10.7. The lowest BCUT2D eigenvalue weighted by Gasteiger charge is -2.29. The topological polar surface area (TPSA) is 9.23 Å². The maximum atomic E-state index is 5.91. The molecule has 0 aliphatic carbocycles. The summed E-state index contributed by atoms with van der Waals surface area (Å²) in [7, 11) is 4.58. The van der Waals surface area contributed by atoms with E-state index in [9.17, 15) is 0 Å². The molecule has 0 aliphatic heterocycles. The number of ether oxygens (including phenoxy) is 1. The molecule has 0 bridgehead atoms. The molecule has 0 spiro atoms. The Hall–Kier alpha value is -0.570. The van der Waals surface area contributed by atoms with Crippen molar-refractivity contribution in [2.75, 3.05) is 34.0 Å². The van der Waals surface area contributed by atoms with Crippen LogP contribution in [0.4, 0.5) is 0 Å². The predicted molar refractivity (Wildman–Crippen MR) is 105 cm³/mol. The van der Waals surface area contributed by atoms with Crippen LogP contribution in [-0.2, 0) is 11.2 Å². The molecule has 2 nitrogen and oxygen atoms in total. The van der Waals surface area contributed by atoms with Crippen LogP contribution in [0.1, 0.15) is 70.3 Å². The third-order valence-electron chi connectivity index (χ3n) is 4.65. The molecule has 0 aromatic heterocycles. The summed E-state index contributed by atoms with van der Waals surface area (Å²) in [6.07, 6.45) is 13.4. The zero-order valence-corrected chi connectivity index (χ0v) is 17.6. The van der Waals surface area contributed by atoms with Crippen LogP contribution in [0.25, 0.3) is 0 Å². The van der Waals surface area contributed by atoms with Gasteiger partial charge in [0.2, 0.25) is 0 Å². The predicted octanol–water partition coefficient (Wildman–Crippen LogP) is 2.81. The second kappa shape index (κ2) is 15.7. The van der Waals surface area contributed by atoms with E-state index in [0.29, 0.717) is 0 Å². The van der Waals surface area contributed by atoms with Crippen molar-refractivity contribution in [1.29, 1.82) is 0 Å². The number of hydrogen-bond donors (Lipinski definition) is 0. The summed E-state index contributed by atoms with van der Waals surface area (Å²) < 4.78 is 6.90. The number of hydrogen-bond acceptors (Lipinski definition) is 1. The van der Waals surface area contributed by atoms with Crippen LogP contribution in [-0.4, -0.2) is 38.5 Å². The van der Waals surface area contributed by atoms with Gasteiger partial charge in [-0.2, -0.15) is 0 Å². The first-order valence-corrected chi connectivity index (χ1v) is 10.1. The van der Waals surface area contributed by atoms with E-state index in [2.05, 4.69) is 51.4 Å². The fourth-order valence-corrected chi connectivity index (χ4v) is 3.07. The Kier molecular flexibility index (Phi) is 15.3. The summed E-state index contributed by atoms with van der Waals surface area (Å²) in [4.78, 5) is 0. The zero-order valence-electron chi connectivity index (χ0n) is 16.8. The van der Waals surface area contributed by atoms with Crippen molar-refractivity contribution in [2.24, 2.45) is 0 Å². The number of aryl methyl sites for hydroxylation is 1.